The zero-order chi connectivity index (χ0) is 37.3. The average Bonchev–Trinajstić information content (AvgIpc) is 3.76. The topological polar surface area (TPSA) is 80.3 Å². The number of amides is 1. The summed E-state index contributed by atoms with van der Waals surface area (Å²) in [7, 11) is 4.36. The van der Waals surface area contributed by atoms with Gasteiger partial charge in [0.05, 0.1) is 26.5 Å². The Labute approximate surface area is 339 Å². The third-order valence-electron chi connectivity index (χ3n) is 11.2. The van der Waals surface area contributed by atoms with E-state index in [0.29, 0.717) is 12.0 Å². The number of piperazine rings is 2. The maximum atomic E-state index is 12.9. The largest absolute Gasteiger partial charge is 0.444 e. The second-order valence-electron chi connectivity index (χ2n) is 17.0. The van der Waals surface area contributed by atoms with Gasteiger partial charge in [-0.05, 0) is 114 Å². The van der Waals surface area contributed by atoms with Crippen molar-refractivity contribution in [1.82, 2.24) is 30.0 Å². The molecule has 0 bridgehead atoms. The smallest absolute Gasteiger partial charge is 0.410 e. The fourth-order valence-corrected chi connectivity index (χ4v) is 9.85. The van der Waals surface area contributed by atoms with E-state index in [1.54, 1.807) is 11.3 Å². The summed E-state index contributed by atoms with van der Waals surface area (Å²) in [5, 5.41) is 5.98. The molecular formula is C43H68N8O2S2. The lowest BCUT2D eigenvalue weighted by molar-refractivity contribution is 0.00364. The Hall–Kier alpha value is -3.03. The van der Waals surface area contributed by atoms with Crippen LogP contribution in [-0.4, -0.2) is 116 Å². The number of ether oxygens (including phenoxy) is 1. The van der Waals surface area contributed by atoms with E-state index in [9.17, 15) is 4.79 Å². The summed E-state index contributed by atoms with van der Waals surface area (Å²) in [6.45, 7) is 20.8. The molecule has 0 saturated carbocycles. The van der Waals surface area contributed by atoms with Crippen molar-refractivity contribution in [2.75, 3.05) is 89.3 Å². The third kappa shape index (κ3) is 10.7. The molecule has 0 radical (unpaired) electrons. The van der Waals surface area contributed by atoms with Crippen LogP contribution in [0.1, 0.15) is 98.4 Å². The molecule has 0 spiro atoms. The van der Waals surface area contributed by atoms with Gasteiger partial charge in [0.1, 0.15) is 5.60 Å². The number of nitrogens with zero attached hydrogens (tertiary/aromatic N) is 7. The second-order valence-corrected chi connectivity index (χ2v) is 19.0. The first-order valence-corrected chi connectivity index (χ1v) is 21.4. The number of carbonyl (C=O) groups excluding carboxylic acids is 1. The fourth-order valence-electron chi connectivity index (χ4n) is 7.86. The van der Waals surface area contributed by atoms with Crippen LogP contribution in [0.25, 0.3) is 20.4 Å². The number of fused-ring (bicyclic) bond motifs is 2. The van der Waals surface area contributed by atoms with Crippen molar-refractivity contribution in [2.45, 2.75) is 92.8 Å². The highest BCUT2D eigenvalue weighted by Crippen LogP contribution is 2.38. The molecule has 1 amide bonds. The number of likely N-dealkylation sites (tertiary alicyclic amines) is 1. The van der Waals surface area contributed by atoms with Gasteiger partial charge >= 0.3 is 6.09 Å². The molecule has 304 valence electrons. The summed E-state index contributed by atoms with van der Waals surface area (Å²) in [6, 6.07) is 13.9. The van der Waals surface area contributed by atoms with Gasteiger partial charge in [0.2, 0.25) is 0 Å². The number of carbonyl (C=O) groups is 1. The van der Waals surface area contributed by atoms with Gasteiger partial charge in [0, 0.05) is 64.9 Å². The average molecular weight is 793 g/mol. The van der Waals surface area contributed by atoms with Crippen molar-refractivity contribution in [3.05, 3.63) is 47.5 Å². The number of nitrogens with one attached hydrogen (secondary N) is 1. The second kappa shape index (κ2) is 18.5. The highest BCUT2D eigenvalue weighted by molar-refractivity contribution is 7.22. The third-order valence-corrected chi connectivity index (χ3v) is 13.4. The van der Waals surface area contributed by atoms with Crippen LogP contribution in [0.3, 0.4) is 0 Å². The van der Waals surface area contributed by atoms with Crippen molar-refractivity contribution in [3.8, 4) is 0 Å². The summed E-state index contributed by atoms with van der Waals surface area (Å²) >= 11 is 3.60. The lowest BCUT2D eigenvalue weighted by Gasteiger charge is -2.39. The highest BCUT2D eigenvalue weighted by atomic mass is 32.1. The Bertz CT molecular complexity index is 1810. The van der Waals surface area contributed by atoms with Gasteiger partial charge in [-0.2, -0.15) is 0 Å². The molecule has 10 nitrogen and oxygen atoms in total. The van der Waals surface area contributed by atoms with Gasteiger partial charge in [-0.3, -0.25) is 0 Å². The first-order valence-electron chi connectivity index (χ1n) is 19.8. The van der Waals surface area contributed by atoms with Gasteiger partial charge in [-0.15, -0.1) is 0 Å². The molecule has 4 aromatic rings. The van der Waals surface area contributed by atoms with E-state index < -0.39 is 5.60 Å². The maximum absolute atomic E-state index is 12.9. The fraction of sp³-hybridized carbons (Fsp3) is 0.651. The molecule has 4 atom stereocenters. The number of anilines is 2. The predicted molar refractivity (Wildman–Crippen MR) is 235 cm³/mol. The molecule has 55 heavy (non-hydrogen) atoms. The van der Waals surface area contributed by atoms with Crippen LogP contribution < -0.4 is 15.1 Å². The first kappa shape index (κ1) is 43.1. The summed E-state index contributed by atoms with van der Waals surface area (Å²) in [4.78, 5) is 34.3. The Morgan fingerprint density at radius 1 is 0.727 bits per heavy atom. The molecule has 1 N–H and O–H groups in total. The van der Waals surface area contributed by atoms with Gasteiger partial charge in [0.25, 0.3) is 0 Å². The molecular weight excluding hydrogens is 725 g/mol. The van der Waals surface area contributed by atoms with Crippen LogP contribution in [0.5, 0.6) is 0 Å². The predicted octanol–water partition coefficient (Wildman–Crippen LogP) is 9.14. The molecule has 4 saturated heterocycles. The van der Waals surface area contributed by atoms with Crippen molar-refractivity contribution < 1.29 is 9.53 Å². The Morgan fingerprint density at radius 3 is 1.75 bits per heavy atom. The standard InChI is InChI=1S/C23H34N4O2S.C18H26N4S.2CH4/c1-16-6-8-19(27(15-16)22(28)29-23(2,3)4)17-7-9-20-18(14-17)24-21(30-20)26-12-10-25(5)11-13-26;1-13-3-5-15(19-12-13)14-4-6-17-16(11-14)20-18(23-17)22-9-7-21(2)8-10-22;;/h7,9,14,16,19H,6,8,10-13,15H2,1-5H3;4,6,11,13,15,19H,3,5,7-10,12H2,1-2H3;2*1H4/t16-,19+;13-,15+;;/m00../s1. The lowest BCUT2D eigenvalue weighted by Crippen LogP contribution is -2.44. The Morgan fingerprint density at radius 2 is 1.24 bits per heavy atom. The monoisotopic (exact) mass is 792 g/mol. The minimum absolute atomic E-state index is 0. The van der Waals surface area contributed by atoms with Crippen molar-refractivity contribution in [1.29, 1.82) is 0 Å². The number of aromatic nitrogens is 2. The number of benzene rings is 2. The number of likely N-dealkylation sites (N-methyl/N-ethyl adjacent to an activating group) is 2. The summed E-state index contributed by atoms with van der Waals surface area (Å²) in [5.74, 6) is 1.29. The van der Waals surface area contributed by atoms with E-state index in [-0.39, 0.29) is 27.0 Å². The van der Waals surface area contributed by atoms with Gasteiger partial charge in [-0.1, -0.05) is 63.5 Å². The molecule has 4 aliphatic rings. The van der Waals surface area contributed by atoms with Gasteiger partial charge < -0.3 is 34.6 Å². The highest BCUT2D eigenvalue weighted by Gasteiger charge is 2.34. The summed E-state index contributed by atoms with van der Waals surface area (Å²) in [6.07, 6.45) is 4.42. The van der Waals surface area contributed by atoms with Crippen molar-refractivity contribution in [3.63, 3.8) is 0 Å². The number of piperidine rings is 2. The van der Waals surface area contributed by atoms with Crippen LogP contribution in [0.4, 0.5) is 15.1 Å². The zero-order valence-electron chi connectivity index (χ0n) is 32.9. The molecule has 0 aliphatic carbocycles. The zero-order valence-corrected chi connectivity index (χ0v) is 34.6. The number of hydrogen-bond donors (Lipinski definition) is 1. The number of rotatable bonds is 4. The van der Waals surface area contributed by atoms with Crippen molar-refractivity contribution in [2.24, 2.45) is 11.8 Å². The van der Waals surface area contributed by atoms with Gasteiger partial charge in [-0.25, -0.2) is 14.8 Å². The summed E-state index contributed by atoms with van der Waals surface area (Å²) in [5.41, 5.74) is 4.28. The Kier molecular flexibility index (Phi) is 14.5. The minimum atomic E-state index is -0.488. The molecule has 0 unspecified atom stereocenters. The van der Waals surface area contributed by atoms with Crippen LogP contribution in [0.15, 0.2) is 36.4 Å². The molecule has 12 heteroatoms. The molecule has 6 heterocycles. The van der Waals surface area contributed by atoms with Crippen molar-refractivity contribution >= 4 is 59.5 Å². The van der Waals surface area contributed by atoms with Crippen LogP contribution in [0.2, 0.25) is 0 Å². The van der Waals surface area contributed by atoms with Gasteiger partial charge in [0.15, 0.2) is 10.3 Å². The minimum Gasteiger partial charge on any atom is -0.444 e. The summed E-state index contributed by atoms with van der Waals surface area (Å²) < 4.78 is 8.24. The van der Waals surface area contributed by atoms with Crippen LogP contribution in [0, 0.1) is 11.8 Å². The number of hydrogen-bond acceptors (Lipinski definition) is 11. The van der Waals surface area contributed by atoms with E-state index in [0.717, 1.165) is 100 Å². The maximum Gasteiger partial charge on any atom is 0.410 e. The van der Waals surface area contributed by atoms with E-state index in [2.05, 4.69) is 89.3 Å². The first-order chi connectivity index (χ1) is 25.4. The lowest BCUT2D eigenvalue weighted by atomic mass is 9.90. The van der Waals surface area contributed by atoms with Crippen LogP contribution in [-0.2, 0) is 4.74 Å². The van der Waals surface area contributed by atoms with E-state index in [1.807, 2.05) is 37.0 Å². The van der Waals surface area contributed by atoms with E-state index in [1.165, 1.54) is 38.5 Å². The van der Waals surface area contributed by atoms with E-state index >= 15 is 0 Å². The Balaban J connectivity index is 0.000000210. The molecule has 2 aromatic heterocycles. The molecule has 8 rings (SSSR count). The quantitative estimate of drug-likeness (QED) is 0.218. The SMILES string of the molecule is C.C.C[C@H]1CC[C@H](c2ccc3sc(N4CCN(C)CC4)nc3c2)N(C(=O)OC(C)(C)C)C1.C[C@H]1CC[C@H](c2ccc3sc(N4CCN(C)CC4)nc3c2)NC1. The van der Waals surface area contributed by atoms with E-state index in [4.69, 9.17) is 14.7 Å². The molecule has 4 aliphatic heterocycles. The molecule has 4 fully saturated rings. The normalized spacial score (nSPS) is 24.2. The molecule has 2 aromatic carbocycles. The van der Waals surface area contributed by atoms with Crippen LogP contribution >= 0.6 is 22.7 Å². The number of thiazole rings is 2.